The van der Waals surface area contributed by atoms with Gasteiger partial charge in [-0.3, -0.25) is 0 Å². The van der Waals surface area contributed by atoms with E-state index in [1.54, 1.807) is 11.3 Å². The summed E-state index contributed by atoms with van der Waals surface area (Å²) in [4.78, 5) is 4.46. The molecule has 2 fully saturated rings. The second-order valence-electron chi connectivity index (χ2n) is 7.96. The van der Waals surface area contributed by atoms with Crippen molar-refractivity contribution in [2.24, 2.45) is 11.8 Å². The molecule has 4 rings (SSSR count). The second-order valence-corrected chi connectivity index (χ2v) is 8.85. The molecule has 1 aliphatic heterocycles. The number of thiazole rings is 1. The standard InChI is InChI=1S/C22H29NO4S/c1-3-14-8-16(5-4-13(14)2)26-11-18-17-6-7-20(27-21(17)9-19(18)25)22-23-15(10-24)12-28-22/h4-5,8,12,17-21,24-25H,3,6-7,9-11H2,1-2H3/t17-,18-,19+,20-,21+/m1/s1. The van der Waals surface area contributed by atoms with Gasteiger partial charge in [-0.05, 0) is 55.4 Å². The number of aryl methyl sites for hydroxylation is 2. The molecule has 0 bridgehead atoms. The quantitative estimate of drug-likeness (QED) is 0.768. The molecule has 2 heterocycles. The number of aliphatic hydroxyl groups excluding tert-OH is 2. The molecule has 5 nitrogen and oxygen atoms in total. The van der Waals surface area contributed by atoms with Crippen molar-refractivity contribution >= 4 is 11.3 Å². The number of hydrogen-bond donors (Lipinski definition) is 2. The van der Waals surface area contributed by atoms with Crippen molar-refractivity contribution in [1.82, 2.24) is 4.98 Å². The van der Waals surface area contributed by atoms with Gasteiger partial charge in [0.15, 0.2) is 0 Å². The Kier molecular flexibility index (Phi) is 6.01. The van der Waals surface area contributed by atoms with Gasteiger partial charge < -0.3 is 19.7 Å². The highest BCUT2D eigenvalue weighted by Crippen LogP contribution is 2.46. The zero-order valence-corrected chi connectivity index (χ0v) is 17.3. The fourth-order valence-corrected chi connectivity index (χ4v) is 5.48. The van der Waals surface area contributed by atoms with Crippen molar-refractivity contribution in [3.05, 3.63) is 45.4 Å². The van der Waals surface area contributed by atoms with Gasteiger partial charge in [0.25, 0.3) is 0 Å². The third kappa shape index (κ3) is 3.96. The summed E-state index contributed by atoms with van der Waals surface area (Å²) in [6.45, 7) is 4.76. The fourth-order valence-electron chi connectivity index (χ4n) is 4.60. The number of aliphatic hydroxyl groups is 2. The number of hydrogen-bond acceptors (Lipinski definition) is 6. The summed E-state index contributed by atoms with van der Waals surface area (Å²) < 4.78 is 12.4. The van der Waals surface area contributed by atoms with Gasteiger partial charge >= 0.3 is 0 Å². The average Bonchev–Trinajstić information content (AvgIpc) is 3.30. The van der Waals surface area contributed by atoms with E-state index in [0.717, 1.165) is 30.0 Å². The van der Waals surface area contributed by atoms with Crippen LogP contribution in [-0.4, -0.2) is 34.0 Å². The smallest absolute Gasteiger partial charge is 0.122 e. The number of benzene rings is 1. The minimum absolute atomic E-state index is 0.0253. The van der Waals surface area contributed by atoms with Gasteiger partial charge in [-0.1, -0.05) is 13.0 Å². The third-order valence-electron chi connectivity index (χ3n) is 6.25. The Bertz CT molecular complexity index is 808. The van der Waals surface area contributed by atoms with Crippen LogP contribution in [-0.2, 0) is 17.8 Å². The first-order valence-corrected chi connectivity index (χ1v) is 11.1. The Morgan fingerprint density at radius 2 is 2.18 bits per heavy atom. The minimum Gasteiger partial charge on any atom is -0.493 e. The van der Waals surface area contributed by atoms with E-state index in [1.807, 2.05) is 11.4 Å². The number of nitrogens with zero attached hydrogens (tertiary/aromatic N) is 1. The van der Waals surface area contributed by atoms with Gasteiger partial charge in [-0.25, -0.2) is 4.98 Å². The van der Waals surface area contributed by atoms with Crippen LogP contribution in [0.3, 0.4) is 0 Å². The zero-order chi connectivity index (χ0) is 19.7. The van der Waals surface area contributed by atoms with Crippen LogP contribution in [0.4, 0.5) is 0 Å². The fraction of sp³-hybridized carbons (Fsp3) is 0.591. The van der Waals surface area contributed by atoms with Crippen molar-refractivity contribution in [3.63, 3.8) is 0 Å². The summed E-state index contributed by atoms with van der Waals surface area (Å²) in [5.41, 5.74) is 3.29. The Labute approximate surface area is 170 Å². The van der Waals surface area contributed by atoms with E-state index in [2.05, 4.69) is 31.0 Å². The largest absolute Gasteiger partial charge is 0.493 e. The highest BCUT2D eigenvalue weighted by molar-refractivity contribution is 7.09. The van der Waals surface area contributed by atoms with Crippen LogP contribution >= 0.6 is 11.3 Å². The lowest BCUT2D eigenvalue weighted by Crippen LogP contribution is -2.33. The van der Waals surface area contributed by atoms with Crippen LogP contribution < -0.4 is 4.74 Å². The minimum atomic E-state index is -0.394. The van der Waals surface area contributed by atoms with Gasteiger partial charge in [0.2, 0.25) is 0 Å². The lowest BCUT2D eigenvalue weighted by atomic mass is 9.87. The predicted octanol–water partition coefficient (Wildman–Crippen LogP) is 3.80. The van der Waals surface area contributed by atoms with Gasteiger partial charge in [-0.2, -0.15) is 0 Å². The number of rotatable bonds is 6. The molecule has 2 aromatic rings. The number of aromatic nitrogens is 1. The Morgan fingerprint density at radius 1 is 1.32 bits per heavy atom. The topological polar surface area (TPSA) is 71.8 Å². The van der Waals surface area contributed by atoms with Crippen molar-refractivity contribution in [2.45, 2.75) is 64.4 Å². The second kappa shape index (κ2) is 8.49. The normalized spacial score (nSPS) is 29.6. The Morgan fingerprint density at radius 3 is 2.93 bits per heavy atom. The molecule has 1 aliphatic carbocycles. The maximum absolute atomic E-state index is 10.6. The molecule has 0 amide bonds. The van der Waals surface area contributed by atoms with Crippen molar-refractivity contribution in [2.75, 3.05) is 6.61 Å². The first kappa shape index (κ1) is 19.8. The highest BCUT2D eigenvalue weighted by Gasteiger charge is 2.47. The molecule has 0 radical (unpaired) electrons. The maximum Gasteiger partial charge on any atom is 0.122 e. The summed E-state index contributed by atoms with van der Waals surface area (Å²) in [6, 6.07) is 6.23. The van der Waals surface area contributed by atoms with Crippen LogP contribution in [0.1, 0.15) is 54.1 Å². The Balaban J connectivity index is 1.38. The van der Waals surface area contributed by atoms with Gasteiger partial charge in [0, 0.05) is 17.7 Å². The van der Waals surface area contributed by atoms with Crippen LogP contribution in [0.25, 0.3) is 0 Å². The number of ether oxygens (including phenoxy) is 2. The molecule has 1 saturated heterocycles. The molecule has 6 heteroatoms. The first-order chi connectivity index (χ1) is 13.6. The highest BCUT2D eigenvalue weighted by atomic mass is 32.1. The molecule has 1 saturated carbocycles. The molecular formula is C22H29NO4S. The summed E-state index contributed by atoms with van der Waals surface area (Å²) in [5, 5.41) is 22.7. The lowest BCUT2D eigenvalue weighted by Gasteiger charge is -2.33. The lowest BCUT2D eigenvalue weighted by molar-refractivity contribution is -0.0812. The molecule has 1 aromatic carbocycles. The van der Waals surface area contributed by atoms with Gasteiger partial charge in [0.1, 0.15) is 16.9 Å². The summed E-state index contributed by atoms with van der Waals surface area (Å²) in [7, 11) is 0. The molecule has 0 spiro atoms. The van der Waals surface area contributed by atoms with Gasteiger partial charge in [-0.15, -0.1) is 11.3 Å². The van der Waals surface area contributed by atoms with E-state index in [-0.39, 0.29) is 24.7 Å². The van der Waals surface area contributed by atoms with Crippen LogP contribution in [0.2, 0.25) is 0 Å². The van der Waals surface area contributed by atoms with E-state index >= 15 is 0 Å². The number of fused-ring (bicyclic) bond motifs is 1. The molecular weight excluding hydrogens is 374 g/mol. The molecule has 5 atom stereocenters. The predicted molar refractivity (Wildman–Crippen MR) is 109 cm³/mol. The zero-order valence-electron chi connectivity index (χ0n) is 16.5. The third-order valence-corrected chi connectivity index (χ3v) is 7.23. The monoisotopic (exact) mass is 403 g/mol. The molecule has 2 N–H and O–H groups in total. The van der Waals surface area contributed by atoms with E-state index in [0.29, 0.717) is 24.6 Å². The first-order valence-electron chi connectivity index (χ1n) is 10.2. The van der Waals surface area contributed by atoms with E-state index in [1.165, 1.54) is 11.1 Å². The van der Waals surface area contributed by atoms with E-state index in [9.17, 15) is 10.2 Å². The molecule has 0 unspecified atom stereocenters. The average molecular weight is 404 g/mol. The van der Waals surface area contributed by atoms with Crippen molar-refractivity contribution in [1.29, 1.82) is 0 Å². The maximum atomic E-state index is 10.6. The van der Waals surface area contributed by atoms with Crippen LogP contribution in [0.15, 0.2) is 23.6 Å². The van der Waals surface area contributed by atoms with Crippen molar-refractivity contribution < 1.29 is 19.7 Å². The summed E-state index contributed by atoms with van der Waals surface area (Å²) >= 11 is 1.55. The molecule has 28 heavy (non-hydrogen) atoms. The van der Waals surface area contributed by atoms with Crippen molar-refractivity contribution in [3.8, 4) is 5.75 Å². The Hall–Kier alpha value is -1.47. The van der Waals surface area contributed by atoms with Gasteiger partial charge in [0.05, 0.1) is 31.1 Å². The summed E-state index contributed by atoms with van der Waals surface area (Å²) in [6.07, 6.45) is 3.17. The van der Waals surface area contributed by atoms with E-state index < -0.39 is 6.10 Å². The van der Waals surface area contributed by atoms with Crippen LogP contribution in [0.5, 0.6) is 5.75 Å². The van der Waals surface area contributed by atoms with E-state index in [4.69, 9.17) is 9.47 Å². The molecule has 1 aromatic heterocycles. The van der Waals surface area contributed by atoms with Crippen LogP contribution in [0, 0.1) is 18.8 Å². The molecule has 152 valence electrons. The summed E-state index contributed by atoms with van der Waals surface area (Å²) in [5.74, 6) is 1.30. The molecule has 2 aliphatic rings. The SMILES string of the molecule is CCc1cc(OC[C@@H]2[C@H]3CC[C@H](c4nc(CO)cs4)O[C@H]3C[C@@H]2O)ccc1C.